The third kappa shape index (κ3) is 0.992. The summed E-state index contributed by atoms with van der Waals surface area (Å²) in [6.45, 7) is -0.554. The fourth-order valence-electron chi connectivity index (χ4n) is 0.359. The second-order valence-electron chi connectivity index (χ2n) is 1.27. The summed E-state index contributed by atoms with van der Waals surface area (Å²) in [6.07, 6.45) is 5.13. The van der Waals surface area contributed by atoms with E-state index >= 15 is 0 Å². The number of hydrogen-bond acceptors (Lipinski definition) is 2. The summed E-state index contributed by atoms with van der Waals surface area (Å²) in [5, 5.41) is 0. The zero-order chi connectivity index (χ0) is 5.82. The smallest absolute Gasteiger partial charge is 0.133 e. The molecule has 1 aromatic rings. The average Bonchev–Trinajstić information content (AvgIpc) is 1.90. The first-order valence-electron chi connectivity index (χ1n) is 2.16. The van der Waals surface area contributed by atoms with Crippen molar-refractivity contribution in [2.75, 3.05) is 0 Å². The number of alkyl halides is 1. The van der Waals surface area contributed by atoms with Gasteiger partial charge in [-0.1, -0.05) is 0 Å². The van der Waals surface area contributed by atoms with Crippen molar-refractivity contribution in [2.24, 2.45) is 0 Å². The van der Waals surface area contributed by atoms with Gasteiger partial charge in [0.2, 0.25) is 0 Å². The molecular weight excluding hydrogens is 107 g/mol. The Bertz CT molecular complexity index is 152. The molecule has 0 aromatic carbocycles. The highest BCUT2D eigenvalue weighted by Gasteiger charge is 1.86. The molecule has 1 rings (SSSR count). The van der Waals surface area contributed by atoms with Crippen LogP contribution in [0.5, 0.6) is 0 Å². The molecule has 1 aromatic heterocycles. The molecule has 0 bridgehead atoms. The Morgan fingerprint density at radius 3 is 3.00 bits per heavy atom. The van der Waals surface area contributed by atoms with Gasteiger partial charge in [-0.15, -0.1) is 0 Å². The van der Waals surface area contributed by atoms with Gasteiger partial charge in [-0.3, -0.25) is 9.97 Å². The lowest BCUT2D eigenvalue weighted by atomic mass is 10.5. The zero-order valence-electron chi connectivity index (χ0n) is 4.13. The highest BCUT2D eigenvalue weighted by molar-refractivity contribution is 4.90. The monoisotopic (exact) mass is 111 g/mol. The predicted molar refractivity (Wildman–Crippen MR) is 25.7 cm³/mol. The number of aromatic nitrogens is 2. The van der Waals surface area contributed by atoms with Crippen molar-refractivity contribution >= 4 is 0 Å². The minimum Gasteiger partial charge on any atom is -0.255 e. The van der Waals surface area contributed by atoms with Crippen LogP contribution in [-0.4, -0.2) is 9.97 Å². The normalized spacial score (nSPS) is 9.12. The number of rotatable bonds is 1. The summed E-state index contributed by atoms with van der Waals surface area (Å²) in [6, 6.07) is 0. The quantitative estimate of drug-likeness (QED) is 0.534. The standard InChI is InChI=1S/C5H4FN2/c6-3-5-4-7-1-2-8-5/h2,4H,3H2. The van der Waals surface area contributed by atoms with Gasteiger partial charge < -0.3 is 0 Å². The van der Waals surface area contributed by atoms with E-state index in [1.807, 2.05) is 0 Å². The van der Waals surface area contributed by atoms with Crippen LogP contribution in [0.15, 0.2) is 12.4 Å². The first kappa shape index (κ1) is 5.15. The molecule has 0 aliphatic carbocycles. The second kappa shape index (κ2) is 2.35. The molecule has 41 valence electrons. The predicted octanol–water partition coefficient (Wildman–Crippen LogP) is 0.746. The highest BCUT2D eigenvalue weighted by Crippen LogP contribution is 1.89. The van der Waals surface area contributed by atoms with Gasteiger partial charge in [0.25, 0.3) is 0 Å². The van der Waals surface area contributed by atoms with Crippen molar-refractivity contribution < 1.29 is 4.39 Å². The van der Waals surface area contributed by atoms with E-state index in [9.17, 15) is 4.39 Å². The molecule has 0 unspecified atom stereocenters. The molecule has 3 heteroatoms. The molecule has 1 heterocycles. The van der Waals surface area contributed by atoms with E-state index in [2.05, 4.69) is 16.2 Å². The SMILES string of the molecule is FCc1cn[c]cn1. The van der Waals surface area contributed by atoms with Crippen molar-refractivity contribution in [3.8, 4) is 0 Å². The van der Waals surface area contributed by atoms with Crippen LogP contribution in [-0.2, 0) is 6.67 Å². The summed E-state index contributed by atoms with van der Waals surface area (Å²) >= 11 is 0. The number of nitrogens with zero attached hydrogens (tertiary/aromatic N) is 2. The third-order valence-corrected chi connectivity index (χ3v) is 0.713. The molecule has 2 nitrogen and oxygen atoms in total. The summed E-state index contributed by atoms with van der Waals surface area (Å²) in [5.41, 5.74) is 0.351. The van der Waals surface area contributed by atoms with Crippen LogP contribution in [0.25, 0.3) is 0 Å². The first-order valence-corrected chi connectivity index (χ1v) is 2.16. The largest absolute Gasteiger partial charge is 0.255 e. The fourth-order valence-corrected chi connectivity index (χ4v) is 0.359. The van der Waals surface area contributed by atoms with Crippen LogP contribution < -0.4 is 0 Å². The Hall–Kier alpha value is -0.990. The Kier molecular flexibility index (Phi) is 1.51. The van der Waals surface area contributed by atoms with Gasteiger partial charge in [0.1, 0.15) is 12.9 Å². The van der Waals surface area contributed by atoms with Crippen LogP contribution >= 0.6 is 0 Å². The third-order valence-electron chi connectivity index (χ3n) is 0.713. The maximum absolute atomic E-state index is 11.6. The molecule has 0 aliphatic rings. The summed E-state index contributed by atoms with van der Waals surface area (Å²) in [5.74, 6) is 0. The van der Waals surface area contributed by atoms with Gasteiger partial charge in [-0.25, -0.2) is 4.39 Å². The zero-order valence-corrected chi connectivity index (χ0v) is 4.13. The Labute approximate surface area is 46.4 Å². The molecule has 0 aliphatic heterocycles. The molecule has 1 radical (unpaired) electrons. The van der Waals surface area contributed by atoms with E-state index in [0.717, 1.165) is 0 Å². The van der Waals surface area contributed by atoms with Gasteiger partial charge in [0, 0.05) is 0 Å². The fraction of sp³-hybridized carbons (Fsp3) is 0.200. The summed E-state index contributed by atoms with van der Waals surface area (Å²) in [7, 11) is 0. The molecular formula is C5H4FN2. The molecule has 0 N–H and O–H groups in total. The topological polar surface area (TPSA) is 25.8 Å². The average molecular weight is 111 g/mol. The van der Waals surface area contributed by atoms with Crippen molar-refractivity contribution in [1.82, 2.24) is 9.97 Å². The van der Waals surface area contributed by atoms with Gasteiger partial charge >= 0.3 is 0 Å². The minimum atomic E-state index is -0.554. The van der Waals surface area contributed by atoms with E-state index < -0.39 is 6.67 Å². The van der Waals surface area contributed by atoms with Gasteiger partial charge in [-0.2, -0.15) is 0 Å². The van der Waals surface area contributed by atoms with Crippen molar-refractivity contribution in [3.05, 3.63) is 24.3 Å². The molecule has 0 amide bonds. The van der Waals surface area contributed by atoms with Crippen LogP contribution in [0.3, 0.4) is 0 Å². The van der Waals surface area contributed by atoms with Gasteiger partial charge in [0.05, 0.1) is 18.1 Å². The molecule has 8 heavy (non-hydrogen) atoms. The van der Waals surface area contributed by atoms with Crippen LogP contribution in [0.2, 0.25) is 0 Å². The highest BCUT2D eigenvalue weighted by atomic mass is 19.1. The lowest BCUT2D eigenvalue weighted by Gasteiger charge is -1.85. The molecule has 0 fully saturated rings. The maximum Gasteiger partial charge on any atom is 0.133 e. The summed E-state index contributed by atoms with van der Waals surface area (Å²) in [4.78, 5) is 7.13. The van der Waals surface area contributed by atoms with E-state index in [-0.39, 0.29) is 0 Å². The van der Waals surface area contributed by atoms with Crippen LogP contribution in [0, 0.1) is 6.20 Å². The number of halogens is 1. The lowest BCUT2D eigenvalue weighted by Crippen LogP contribution is -1.84. The molecule has 0 saturated heterocycles. The van der Waals surface area contributed by atoms with Crippen LogP contribution in [0.1, 0.15) is 5.69 Å². The minimum absolute atomic E-state index is 0.351. The first-order chi connectivity index (χ1) is 3.93. The Morgan fingerprint density at radius 1 is 1.75 bits per heavy atom. The molecule has 0 saturated carbocycles. The van der Waals surface area contributed by atoms with Crippen LogP contribution in [0.4, 0.5) is 4.39 Å². The summed E-state index contributed by atoms with van der Waals surface area (Å²) < 4.78 is 11.6. The second-order valence-corrected chi connectivity index (χ2v) is 1.27. The van der Waals surface area contributed by atoms with Crippen molar-refractivity contribution in [3.63, 3.8) is 0 Å². The van der Waals surface area contributed by atoms with Gasteiger partial charge in [0.15, 0.2) is 0 Å². The van der Waals surface area contributed by atoms with E-state index in [1.165, 1.54) is 12.4 Å². The van der Waals surface area contributed by atoms with Crippen molar-refractivity contribution in [1.29, 1.82) is 0 Å². The van der Waals surface area contributed by atoms with E-state index in [1.54, 1.807) is 0 Å². The molecule has 0 spiro atoms. The van der Waals surface area contributed by atoms with Gasteiger partial charge in [-0.05, 0) is 0 Å². The Balaban J connectivity index is 2.83. The Morgan fingerprint density at radius 2 is 2.62 bits per heavy atom. The maximum atomic E-state index is 11.6. The molecule has 0 atom stereocenters. The number of hydrogen-bond donors (Lipinski definition) is 0. The van der Waals surface area contributed by atoms with E-state index in [4.69, 9.17) is 0 Å². The van der Waals surface area contributed by atoms with E-state index in [0.29, 0.717) is 5.69 Å². The van der Waals surface area contributed by atoms with Crippen molar-refractivity contribution in [2.45, 2.75) is 6.67 Å². The lowest BCUT2D eigenvalue weighted by molar-refractivity contribution is 0.474.